The molecule has 4 atom stereocenters. The summed E-state index contributed by atoms with van der Waals surface area (Å²) in [6, 6.07) is 10.9. The van der Waals surface area contributed by atoms with Gasteiger partial charge in [-0.2, -0.15) is 0 Å². The number of phenolic OH excluding ortho intramolecular Hbond substituents is 1. The fourth-order valence-electron chi connectivity index (χ4n) is 4.64. The number of aliphatic hydroxyl groups is 2. The van der Waals surface area contributed by atoms with Crippen LogP contribution in [0.2, 0.25) is 0 Å². The van der Waals surface area contributed by atoms with Gasteiger partial charge in [-0.05, 0) is 53.8 Å². The first-order valence-corrected chi connectivity index (χ1v) is 9.83. The lowest BCUT2D eigenvalue weighted by molar-refractivity contribution is 0.0335. The van der Waals surface area contributed by atoms with Gasteiger partial charge in [0.1, 0.15) is 5.75 Å². The predicted molar refractivity (Wildman–Crippen MR) is 98.7 cm³/mol. The number of nitrogens with zero attached hydrogens (tertiary/aromatic N) is 1. The summed E-state index contributed by atoms with van der Waals surface area (Å²) < 4.78 is 0. The van der Waals surface area contributed by atoms with E-state index < -0.39 is 11.7 Å². The molecule has 134 valence electrons. The zero-order valence-corrected chi connectivity index (χ0v) is 15.0. The van der Waals surface area contributed by atoms with Crippen molar-refractivity contribution in [3.63, 3.8) is 0 Å². The molecule has 0 spiro atoms. The van der Waals surface area contributed by atoms with Gasteiger partial charge in [0.25, 0.3) is 0 Å². The second-order valence-corrected chi connectivity index (χ2v) is 8.77. The van der Waals surface area contributed by atoms with Crippen molar-refractivity contribution in [2.45, 2.75) is 31.0 Å². The quantitative estimate of drug-likeness (QED) is 0.768. The fraction of sp³-hybridized carbons (Fsp3) is 0.500. The molecule has 1 aromatic carbocycles. The Kier molecular flexibility index (Phi) is 4.58. The number of aromatic hydroxyl groups is 1. The summed E-state index contributed by atoms with van der Waals surface area (Å²) in [5.41, 5.74) is 0.283. The smallest absolute Gasteiger partial charge is 0.115 e. The average Bonchev–Trinajstić information content (AvgIpc) is 3.24. The molecule has 1 saturated heterocycles. The van der Waals surface area contributed by atoms with Gasteiger partial charge in [-0.1, -0.05) is 18.2 Å². The molecule has 2 heterocycles. The van der Waals surface area contributed by atoms with Crippen LogP contribution in [0.5, 0.6) is 5.75 Å². The van der Waals surface area contributed by atoms with Crippen molar-refractivity contribution in [3.05, 3.63) is 52.2 Å². The highest BCUT2D eigenvalue weighted by atomic mass is 32.1. The lowest BCUT2D eigenvalue weighted by Gasteiger charge is -2.26. The van der Waals surface area contributed by atoms with Crippen molar-refractivity contribution < 1.29 is 15.3 Å². The van der Waals surface area contributed by atoms with Gasteiger partial charge in [-0.25, -0.2) is 0 Å². The minimum absolute atomic E-state index is 0.219. The molecule has 4 nitrogen and oxygen atoms in total. The third-order valence-electron chi connectivity index (χ3n) is 5.73. The van der Waals surface area contributed by atoms with Gasteiger partial charge < -0.3 is 15.3 Å². The Bertz CT molecular complexity index is 686. The summed E-state index contributed by atoms with van der Waals surface area (Å²) in [5.74, 6) is 1.27. The number of phenols is 1. The Morgan fingerprint density at radius 1 is 1.12 bits per heavy atom. The minimum atomic E-state index is -0.554. The normalized spacial score (nSPS) is 30.5. The molecule has 5 heteroatoms. The number of hydrogen-bond acceptors (Lipinski definition) is 5. The van der Waals surface area contributed by atoms with Crippen LogP contribution < -0.4 is 0 Å². The topological polar surface area (TPSA) is 63.9 Å². The summed E-state index contributed by atoms with van der Waals surface area (Å²) >= 11 is 1.72. The molecule has 1 aromatic heterocycles. The fourth-order valence-corrected chi connectivity index (χ4v) is 5.48. The number of rotatable bonds is 5. The molecule has 2 fully saturated rings. The van der Waals surface area contributed by atoms with Crippen molar-refractivity contribution in [3.8, 4) is 5.75 Å². The first-order chi connectivity index (χ1) is 12.0. The Morgan fingerprint density at radius 2 is 1.80 bits per heavy atom. The van der Waals surface area contributed by atoms with Gasteiger partial charge in [0, 0.05) is 30.9 Å². The van der Waals surface area contributed by atoms with Crippen molar-refractivity contribution in [2.24, 2.45) is 11.8 Å². The van der Waals surface area contributed by atoms with Gasteiger partial charge in [0.2, 0.25) is 0 Å². The molecular formula is C20H25NO3S. The van der Waals surface area contributed by atoms with E-state index in [2.05, 4.69) is 16.3 Å². The third kappa shape index (κ3) is 3.75. The number of thiophene rings is 1. The number of aliphatic hydroxyl groups excluding tert-OH is 1. The molecule has 0 bridgehead atoms. The first kappa shape index (κ1) is 17.0. The van der Waals surface area contributed by atoms with Crippen LogP contribution >= 0.6 is 11.3 Å². The molecular weight excluding hydrogens is 334 g/mol. The predicted octanol–water partition coefficient (Wildman–Crippen LogP) is 2.80. The maximum Gasteiger partial charge on any atom is 0.115 e. The minimum Gasteiger partial charge on any atom is -0.508 e. The number of hydrogen-bond donors (Lipinski definition) is 3. The second-order valence-electron chi connectivity index (χ2n) is 7.73. The molecule has 2 unspecified atom stereocenters. The van der Waals surface area contributed by atoms with E-state index in [0.717, 1.165) is 37.9 Å². The van der Waals surface area contributed by atoms with E-state index >= 15 is 0 Å². The van der Waals surface area contributed by atoms with E-state index in [9.17, 15) is 15.3 Å². The Hall–Kier alpha value is -1.40. The van der Waals surface area contributed by atoms with Crippen LogP contribution in [0.4, 0.5) is 0 Å². The zero-order chi connectivity index (χ0) is 17.4. The standard InChI is InChI=1S/C20H25NO3S/c22-17-5-3-14(4-6-17)19(23)13-21-11-15-8-20(24,9-16(15)12-21)10-18-2-1-7-25-18/h1-7,15-16,19,22-24H,8-13H2/t15-,16+,19?,20?. The van der Waals surface area contributed by atoms with Crippen LogP contribution in [0.1, 0.15) is 29.4 Å². The Balaban J connectivity index is 1.32. The second kappa shape index (κ2) is 6.72. The first-order valence-electron chi connectivity index (χ1n) is 8.95. The highest BCUT2D eigenvalue weighted by Crippen LogP contribution is 2.45. The molecule has 25 heavy (non-hydrogen) atoms. The molecule has 0 amide bonds. The summed E-state index contributed by atoms with van der Waals surface area (Å²) in [5, 5.41) is 32.8. The Morgan fingerprint density at radius 3 is 2.40 bits per heavy atom. The van der Waals surface area contributed by atoms with Crippen LogP contribution in [0, 0.1) is 11.8 Å². The molecule has 2 aliphatic rings. The van der Waals surface area contributed by atoms with Crippen LogP contribution in [0.3, 0.4) is 0 Å². The number of β-amino-alcohol motifs (C(OH)–C–C–N with tert-alkyl or cyclic N) is 1. The summed E-state index contributed by atoms with van der Waals surface area (Å²) in [7, 11) is 0. The number of likely N-dealkylation sites (tertiary alicyclic amines) is 1. The van der Waals surface area contributed by atoms with Gasteiger partial charge in [0.15, 0.2) is 0 Å². The SMILES string of the molecule is Oc1ccc(C(O)CN2C[C@@H]3CC(O)(Cc4cccs4)C[C@@H]3C2)cc1. The van der Waals surface area contributed by atoms with E-state index in [1.807, 2.05) is 6.07 Å². The lowest BCUT2D eigenvalue weighted by Crippen LogP contribution is -2.33. The van der Waals surface area contributed by atoms with Crippen LogP contribution in [-0.4, -0.2) is 45.5 Å². The van der Waals surface area contributed by atoms with Gasteiger partial charge in [-0.15, -0.1) is 11.3 Å². The molecule has 4 rings (SSSR count). The van der Waals surface area contributed by atoms with E-state index in [-0.39, 0.29) is 5.75 Å². The summed E-state index contributed by atoms with van der Waals surface area (Å²) in [6.07, 6.45) is 1.96. The van der Waals surface area contributed by atoms with Gasteiger partial charge in [0.05, 0.1) is 11.7 Å². The molecule has 2 aromatic rings. The lowest BCUT2D eigenvalue weighted by atomic mass is 9.95. The summed E-state index contributed by atoms with van der Waals surface area (Å²) in [4.78, 5) is 3.58. The summed E-state index contributed by atoms with van der Waals surface area (Å²) in [6.45, 7) is 2.51. The van der Waals surface area contributed by atoms with Crippen molar-refractivity contribution >= 4 is 11.3 Å². The maximum absolute atomic E-state index is 11.0. The van der Waals surface area contributed by atoms with Crippen molar-refractivity contribution in [1.29, 1.82) is 0 Å². The maximum atomic E-state index is 11.0. The average molecular weight is 359 g/mol. The van der Waals surface area contributed by atoms with Crippen LogP contribution in [-0.2, 0) is 6.42 Å². The molecule has 3 N–H and O–H groups in total. The van der Waals surface area contributed by atoms with Gasteiger partial charge in [-0.3, -0.25) is 4.90 Å². The highest BCUT2D eigenvalue weighted by Gasteiger charge is 2.48. The van der Waals surface area contributed by atoms with Crippen molar-refractivity contribution in [2.75, 3.05) is 19.6 Å². The van der Waals surface area contributed by atoms with E-state index in [4.69, 9.17) is 0 Å². The molecule has 1 aliphatic heterocycles. The van der Waals surface area contributed by atoms with Crippen LogP contribution in [0.15, 0.2) is 41.8 Å². The number of benzene rings is 1. The van der Waals surface area contributed by atoms with E-state index in [0.29, 0.717) is 18.4 Å². The van der Waals surface area contributed by atoms with Gasteiger partial charge >= 0.3 is 0 Å². The zero-order valence-electron chi connectivity index (χ0n) is 14.2. The largest absolute Gasteiger partial charge is 0.508 e. The highest BCUT2D eigenvalue weighted by molar-refractivity contribution is 7.09. The molecule has 1 aliphatic carbocycles. The number of fused-ring (bicyclic) bond motifs is 1. The van der Waals surface area contributed by atoms with Crippen LogP contribution in [0.25, 0.3) is 0 Å². The third-order valence-corrected chi connectivity index (χ3v) is 6.61. The Labute approximate surface area is 152 Å². The monoisotopic (exact) mass is 359 g/mol. The molecule has 1 saturated carbocycles. The van der Waals surface area contributed by atoms with E-state index in [1.54, 1.807) is 35.6 Å². The molecule has 0 radical (unpaired) electrons. The van der Waals surface area contributed by atoms with E-state index in [1.165, 1.54) is 4.88 Å². The van der Waals surface area contributed by atoms with Crippen molar-refractivity contribution in [1.82, 2.24) is 4.90 Å².